The van der Waals surface area contributed by atoms with Gasteiger partial charge in [0.2, 0.25) is 0 Å². The van der Waals surface area contributed by atoms with Crippen molar-refractivity contribution in [1.82, 2.24) is 9.55 Å². The molecule has 0 saturated heterocycles. The lowest BCUT2D eigenvalue weighted by molar-refractivity contribution is 0.665. The van der Waals surface area contributed by atoms with E-state index in [-0.39, 0.29) is 5.69 Å². The molecule has 1 aromatic heterocycles. The molecule has 0 saturated carbocycles. The summed E-state index contributed by atoms with van der Waals surface area (Å²) in [7, 11) is 0. The average Bonchev–Trinajstić information content (AvgIpc) is 2.17. The molecule has 0 spiro atoms. The van der Waals surface area contributed by atoms with Gasteiger partial charge in [-0.2, -0.15) is 0 Å². The monoisotopic (exact) mass is 155 g/mol. The maximum absolute atomic E-state index is 11.1. The summed E-state index contributed by atoms with van der Waals surface area (Å²) in [5.41, 5.74) is 7.16. The number of hydrogen-bond donors (Lipinski definition) is 2. The standard InChI is InChI=1S/C7H13N3O/c1-5-6(2)10(4-3-8)7(11)9-5/h3-4,8H2,1-2H3,(H,9,11). The molecule has 0 aromatic carbocycles. The van der Waals surface area contributed by atoms with Crippen LogP contribution < -0.4 is 11.4 Å². The molecule has 0 bridgehead atoms. The van der Waals surface area contributed by atoms with E-state index in [2.05, 4.69) is 4.98 Å². The lowest BCUT2D eigenvalue weighted by Gasteiger charge is -1.99. The molecular formula is C7H13N3O. The minimum Gasteiger partial charge on any atom is -0.329 e. The van der Waals surface area contributed by atoms with Crippen molar-refractivity contribution in [2.24, 2.45) is 5.73 Å². The van der Waals surface area contributed by atoms with Gasteiger partial charge in [0, 0.05) is 24.5 Å². The molecule has 62 valence electrons. The minimum absolute atomic E-state index is 0.0644. The molecule has 0 fully saturated rings. The number of nitrogens with two attached hydrogens (primary N) is 1. The number of nitrogens with one attached hydrogen (secondary N) is 1. The average molecular weight is 155 g/mol. The van der Waals surface area contributed by atoms with E-state index in [1.165, 1.54) is 0 Å². The summed E-state index contributed by atoms with van der Waals surface area (Å²) < 4.78 is 1.65. The van der Waals surface area contributed by atoms with Crippen LogP contribution in [0.5, 0.6) is 0 Å². The lowest BCUT2D eigenvalue weighted by Crippen LogP contribution is -2.22. The molecule has 4 nitrogen and oxygen atoms in total. The molecule has 0 unspecified atom stereocenters. The van der Waals surface area contributed by atoms with Crippen molar-refractivity contribution in [2.75, 3.05) is 6.54 Å². The first-order valence-corrected chi connectivity index (χ1v) is 3.63. The summed E-state index contributed by atoms with van der Waals surface area (Å²) >= 11 is 0. The second-order valence-electron chi connectivity index (χ2n) is 2.58. The smallest absolute Gasteiger partial charge is 0.325 e. The molecule has 0 aliphatic heterocycles. The van der Waals surface area contributed by atoms with Crippen molar-refractivity contribution in [1.29, 1.82) is 0 Å². The second kappa shape index (κ2) is 2.92. The summed E-state index contributed by atoms with van der Waals surface area (Å²) in [6.45, 7) is 4.87. The Bertz CT molecular complexity index is 297. The summed E-state index contributed by atoms with van der Waals surface area (Å²) in [5, 5.41) is 0. The Morgan fingerprint density at radius 1 is 1.55 bits per heavy atom. The van der Waals surface area contributed by atoms with Crippen LogP contribution in [-0.4, -0.2) is 16.1 Å². The number of imidazole rings is 1. The van der Waals surface area contributed by atoms with Crippen LogP contribution in [0.2, 0.25) is 0 Å². The quantitative estimate of drug-likeness (QED) is 0.618. The van der Waals surface area contributed by atoms with Crippen LogP contribution in [0, 0.1) is 13.8 Å². The van der Waals surface area contributed by atoms with E-state index in [0.717, 1.165) is 11.4 Å². The first-order chi connectivity index (χ1) is 5.16. The highest BCUT2D eigenvalue weighted by atomic mass is 16.1. The lowest BCUT2D eigenvalue weighted by atomic mass is 10.4. The molecule has 1 heterocycles. The predicted octanol–water partition coefficient (Wildman–Crippen LogP) is -0.248. The summed E-state index contributed by atoms with van der Waals surface area (Å²) in [5.74, 6) is 0. The van der Waals surface area contributed by atoms with Gasteiger partial charge < -0.3 is 10.7 Å². The SMILES string of the molecule is Cc1[nH]c(=O)n(CCN)c1C. The molecule has 3 N–H and O–H groups in total. The molecule has 0 aliphatic carbocycles. The molecule has 11 heavy (non-hydrogen) atoms. The highest BCUT2D eigenvalue weighted by molar-refractivity contribution is 5.08. The van der Waals surface area contributed by atoms with Gasteiger partial charge in [-0.05, 0) is 13.8 Å². The van der Waals surface area contributed by atoms with Crippen molar-refractivity contribution >= 4 is 0 Å². The Labute approximate surface area is 65.0 Å². The summed E-state index contributed by atoms with van der Waals surface area (Å²) in [6, 6.07) is 0. The molecule has 0 atom stereocenters. The fourth-order valence-electron chi connectivity index (χ4n) is 1.07. The van der Waals surface area contributed by atoms with Gasteiger partial charge in [0.05, 0.1) is 0 Å². The molecule has 0 aliphatic rings. The fourth-order valence-corrected chi connectivity index (χ4v) is 1.07. The number of hydrogen-bond acceptors (Lipinski definition) is 2. The van der Waals surface area contributed by atoms with Crippen LogP contribution in [0.3, 0.4) is 0 Å². The van der Waals surface area contributed by atoms with Crippen molar-refractivity contribution in [2.45, 2.75) is 20.4 Å². The summed E-state index contributed by atoms with van der Waals surface area (Å²) in [6.07, 6.45) is 0. The van der Waals surface area contributed by atoms with E-state index in [4.69, 9.17) is 5.73 Å². The molecule has 0 radical (unpaired) electrons. The van der Waals surface area contributed by atoms with E-state index in [0.29, 0.717) is 13.1 Å². The van der Waals surface area contributed by atoms with Crippen LogP contribution >= 0.6 is 0 Å². The summed E-state index contributed by atoms with van der Waals surface area (Å²) in [4.78, 5) is 13.8. The zero-order valence-electron chi connectivity index (χ0n) is 6.85. The van der Waals surface area contributed by atoms with Crippen molar-refractivity contribution in [3.8, 4) is 0 Å². The third kappa shape index (κ3) is 1.35. The van der Waals surface area contributed by atoms with Gasteiger partial charge in [0.15, 0.2) is 0 Å². The van der Waals surface area contributed by atoms with Crippen LogP contribution in [0.15, 0.2) is 4.79 Å². The predicted molar refractivity (Wildman–Crippen MR) is 43.6 cm³/mol. The molecule has 1 aromatic rings. The maximum atomic E-state index is 11.1. The van der Waals surface area contributed by atoms with Gasteiger partial charge in [0.1, 0.15) is 0 Å². The Morgan fingerprint density at radius 2 is 2.18 bits per heavy atom. The maximum Gasteiger partial charge on any atom is 0.325 e. The number of aromatic amines is 1. The molecule has 1 rings (SSSR count). The highest BCUT2D eigenvalue weighted by Gasteiger charge is 2.03. The van der Waals surface area contributed by atoms with Crippen molar-refractivity contribution < 1.29 is 0 Å². The third-order valence-electron chi connectivity index (χ3n) is 1.84. The van der Waals surface area contributed by atoms with E-state index in [1.807, 2.05) is 13.8 Å². The van der Waals surface area contributed by atoms with E-state index in [1.54, 1.807) is 4.57 Å². The van der Waals surface area contributed by atoms with Crippen molar-refractivity contribution in [3.05, 3.63) is 21.9 Å². The van der Waals surface area contributed by atoms with Gasteiger partial charge in [-0.1, -0.05) is 0 Å². The number of rotatable bonds is 2. The van der Waals surface area contributed by atoms with Gasteiger partial charge in [-0.3, -0.25) is 4.57 Å². The van der Waals surface area contributed by atoms with E-state index in [9.17, 15) is 4.79 Å². The first kappa shape index (κ1) is 8.07. The van der Waals surface area contributed by atoms with Crippen LogP contribution in [0.1, 0.15) is 11.4 Å². The largest absolute Gasteiger partial charge is 0.329 e. The van der Waals surface area contributed by atoms with E-state index >= 15 is 0 Å². The van der Waals surface area contributed by atoms with Gasteiger partial charge >= 0.3 is 5.69 Å². The number of nitrogens with zero attached hydrogens (tertiary/aromatic N) is 1. The van der Waals surface area contributed by atoms with E-state index < -0.39 is 0 Å². The Hall–Kier alpha value is -1.03. The fraction of sp³-hybridized carbons (Fsp3) is 0.571. The molecule has 4 heteroatoms. The topological polar surface area (TPSA) is 63.8 Å². The Kier molecular flexibility index (Phi) is 2.14. The van der Waals surface area contributed by atoms with Crippen molar-refractivity contribution in [3.63, 3.8) is 0 Å². The van der Waals surface area contributed by atoms with Crippen LogP contribution in [0.25, 0.3) is 0 Å². The van der Waals surface area contributed by atoms with Gasteiger partial charge in [-0.15, -0.1) is 0 Å². The third-order valence-corrected chi connectivity index (χ3v) is 1.84. The van der Waals surface area contributed by atoms with Gasteiger partial charge in [0.25, 0.3) is 0 Å². The van der Waals surface area contributed by atoms with Gasteiger partial charge in [-0.25, -0.2) is 4.79 Å². The zero-order chi connectivity index (χ0) is 8.43. The molecular weight excluding hydrogens is 142 g/mol. The number of H-pyrrole nitrogens is 1. The van der Waals surface area contributed by atoms with Crippen LogP contribution in [0.4, 0.5) is 0 Å². The minimum atomic E-state index is -0.0644. The van der Waals surface area contributed by atoms with Crippen LogP contribution in [-0.2, 0) is 6.54 Å². The Morgan fingerprint density at radius 3 is 2.55 bits per heavy atom. The first-order valence-electron chi connectivity index (χ1n) is 3.63. The zero-order valence-corrected chi connectivity index (χ0v) is 6.85. The normalized spacial score (nSPS) is 10.5. The number of aromatic nitrogens is 2. The highest BCUT2D eigenvalue weighted by Crippen LogP contribution is 1.98. The Balaban J connectivity index is 3.12. The number of aryl methyl sites for hydroxylation is 1. The molecule has 0 amide bonds. The second-order valence-corrected chi connectivity index (χ2v) is 2.58.